The van der Waals surface area contributed by atoms with Crippen molar-refractivity contribution in [3.05, 3.63) is 5.89 Å². The molecule has 0 aliphatic carbocycles. The van der Waals surface area contributed by atoms with Crippen molar-refractivity contribution in [1.82, 2.24) is 15.5 Å². The van der Waals surface area contributed by atoms with Gasteiger partial charge in [-0.2, -0.15) is 0 Å². The molecule has 2 N–H and O–H groups in total. The molecule has 0 saturated heterocycles. The van der Waals surface area contributed by atoms with E-state index in [9.17, 15) is 4.21 Å². The van der Waals surface area contributed by atoms with Crippen molar-refractivity contribution < 1.29 is 8.63 Å². The number of rotatable bonds is 9. The van der Waals surface area contributed by atoms with E-state index < -0.39 is 10.8 Å². The van der Waals surface area contributed by atoms with E-state index in [1.165, 1.54) is 0 Å². The van der Waals surface area contributed by atoms with E-state index in [1.807, 2.05) is 0 Å². The van der Waals surface area contributed by atoms with Gasteiger partial charge >= 0.3 is 6.01 Å². The fraction of sp³-hybridized carbons (Fsp3) is 0.800. The zero-order valence-corrected chi connectivity index (χ0v) is 11.2. The predicted molar refractivity (Wildman–Crippen MR) is 68.3 cm³/mol. The van der Waals surface area contributed by atoms with E-state index in [0.29, 0.717) is 30.7 Å². The Balaban J connectivity index is 2.18. The molecule has 6 nitrogen and oxygen atoms in total. The minimum absolute atomic E-state index is 0.431. The maximum atomic E-state index is 10.8. The summed E-state index contributed by atoms with van der Waals surface area (Å²) in [5, 5.41) is 14.0. The molecule has 0 spiro atoms. The molecule has 0 fully saturated rings. The largest absolute Gasteiger partial charge is 0.407 e. The molecule has 1 aromatic rings. The third-order valence-electron chi connectivity index (χ3n) is 2.05. The molecule has 1 rings (SSSR count). The average Bonchev–Trinajstić information content (AvgIpc) is 2.73. The molecule has 1 aromatic heterocycles. The Kier molecular flexibility index (Phi) is 6.80. The van der Waals surface area contributed by atoms with E-state index in [2.05, 4.69) is 27.8 Å². The molecule has 0 saturated carbocycles. The number of hydrogen-bond donors (Lipinski definition) is 2. The topological polar surface area (TPSA) is 80.0 Å². The van der Waals surface area contributed by atoms with Crippen molar-refractivity contribution in [3.63, 3.8) is 0 Å². The monoisotopic (exact) mass is 260 g/mol. The summed E-state index contributed by atoms with van der Waals surface area (Å²) in [6, 6.07) is 0.431. The zero-order valence-electron chi connectivity index (χ0n) is 10.4. The van der Waals surface area contributed by atoms with Gasteiger partial charge in [0.2, 0.25) is 5.89 Å². The van der Waals surface area contributed by atoms with Gasteiger partial charge in [0.25, 0.3) is 0 Å². The summed E-state index contributed by atoms with van der Waals surface area (Å²) in [6.07, 6.45) is 3.60. The van der Waals surface area contributed by atoms with Crippen LogP contribution in [0.2, 0.25) is 0 Å². The first-order valence-electron chi connectivity index (χ1n) is 5.79. The SMILES string of the molecule is CCCNCc1nnc(NCCCS(C)=O)o1. The van der Waals surface area contributed by atoms with Gasteiger partial charge in [0, 0.05) is 29.4 Å². The quantitative estimate of drug-likeness (QED) is 0.638. The summed E-state index contributed by atoms with van der Waals surface area (Å²) in [5.41, 5.74) is 0. The highest BCUT2D eigenvalue weighted by Crippen LogP contribution is 2.04. The molecular formula is C10H20N4O2S. The third kappa shape index (κ3) is 6.38. The molecule has 98 valence electrons. The Morgan fingerprint density at radius 2 is 2.18 bits per heavy atom. The van der Waals surface area contributed by atoms with Gasteiger partial charge in [-0.1, -0.05) is 12.0 Å². The molecular weight excluding hydrogens is 240 g/mol. The smallest absolute Gasteiger partial charge is 0.315 e. The van der Waals surface area contributed by atoms with E-state index in [0.717, 1.165) is 19.4 Å². The van der Waals surface area contributed by atoms with Gasteiger partial charge in [-0.3, -0.25) is 4.21 Å². The number of aromatic nitrogens is 2. The lowest BCUT2D eigenvalue weighted by Gasteiger charge is -1.99. The molecule has 0 amide bonds. The van der Waals surface area contributed by atoms with Crippen LogP contribution in [-0.4, -0.2) is 39.5 Å². The van der Waals surface area contributed by atoms with Gasteiger partial charge in [0.05, 0.1) is 6.54 Å². The summed E-state index contributed by atoms with van der Waals surface area (Å²) >= 11 is 0. The van der Waals surface area contributed by atoms with Gasteiger partial charge in [-0.05, 0) is 19.4 Å². The van der Waals surface area contributed by atoms with Crippen LogP contribution in [-0.2, 0) is 17.3 Å². The summed E-state index contributed by atoms with van der Waals surface area (Å²) in [6.45, 7) is 4.34. The lowest BCUT2D eigenvalue weighted by atomic mass is 10.5. The molecule has 0 aliphatic heterocycles. The van der Waals surface area contributed by atoms with Crippen molar-refractivity contribution in [3.8, 4) is 0 Å². The van der Waals surface area contributed by atoms with Gasteiger partial charge in [-0.15, -0.1) is 5.10 Å². The standard InChI is InChI=1S/C10H20N4O2S/c1-3-5-11-8-9-13-14-10(16-9)12-6-4-7-17(2)15/h11H,3-8H2,1-2H3,(H,12,14). The molecule has 1 unspecified atom stereocenters. The lowest BCUT2D eigenvalue weighted by Crippen LogP contribution is -2.13. The maximum absolute atomic E-state index is 10.8. The van der Waals surface area contributed by atoms with Gasteiger partial charge in [-0.25, -0.2) is 0 Å². The number of anilines is 1. The van der Waals surface area contributed by atoms with Crippen LogP contribution < -0.4 is 10.6 Å². The molecule has 7 heteroatoms. The summed E-state index contributed by atoms with van der Waals surface area (Å²) in [5.74, 6) is 1.27. The Morgan fingerprint density at radius 3 is 2.88 bits per heavy atom. The lowest BCUT2D eigenvalue weighted by molar-refractivity contribution is 0.477. The summed E-state index contributed by atoms with van der Waals surface area (Å²) < 4.78 is 16.2. The van der Waals surface area contributed by atoms with Crippen LogP contribution in [0.15, 0.2) is 4.42 Å². The average molecular weight is 260 g/mol. The van der Waals surface area contributed by atoms with Gasteiger partial charge < -0.3 is 15.1 Å². The van der Waals surface area contributed by atoms with Gasteiger partial charge in [0.1, 0.15) is 0 Å². The van der Waals surface area contributed by atoms with E-state index in [1.54, 1.807) is 6.26 Å². The number of nitrogens with zero attached hydrogens (tertiary/aromatic N) is 2. The van der Waals surface area contributed by atoms with Crippen LogP contribution >= 0.6 is 0 Å². The Morgan fingerprint density at radius 1 is 1.35 bits per heavy atom. The zero-order chi connectivity index (χ0) is 12.5. The van der Waals surface area contributed by atoms with Crippen LogP contribution in [0.25, 0.3) is 0 Å². The van der Waals surface area contributed by atoms with E-state index in [4.69, 9.17) is 4.42 Å². The van der Waals surface area contributed by atoms with Crippen LogP contribution in [0.5, 0.6) is 0 Å². The van der Waals surface area contributed by atoms with Crippen molar-refractivity contribution in [2.24, 2.45) is 0 Å². The second kappa shape index (κ2) is 8.19. The van der Waals surface area contributed by atoms with Crippen molar-refractivity contribution in [2.45, 2.75) is 26.3 Å². The molecule has 0 radical (unpaired) electrons. The van der Waals surface area contributed by atoms with Crippen LogP contribution in [0.3, 0.4) is 0 Å². The highest BCUT2D eigenvalue weighted by molar-refractivity contribution is 7.84. The van der Waals surface area contributed by atoms with Crippen LogP contribution in [0.1, 0.15) is 25.7 Å². The molecule has 17 heavy (non-hydrogen) atoms. The Labute approximate surface area is 104 Å². The predicted octanol–water partition coefficient (Wildman–Crippen LogP) is 0.750. The minimum Gasteiger partial charge on any atom is -0.407 e. The normalized spacial score (nSPS) is 12.6. The number of nitrogens with one attached hydrogen (secondary N) is 2. The third-order valence-corrected chi connectivity index (χ3v) is 2.92. The second-order valence-electron chi connectivity index (χ2n) is 3.74. The molecule has 1 heterocycles. The molecule has 0 bridgehead atoms. The molecule has 0 aliphatic rings. The van der Waals surface area contributed by atoms with E-state index >= 15 is 0 Å². The molecule has 0 aromatic carbocycles. The van der Waals surface area contributed by atoms with E-state index in [-0.39, 0.29) is 0 Å². The second-order valence-corrected chi connectivity index (χ2v) is 5.29. The number of hydrogen-bond acceptors (Lipinski definition) is 6. The fourth-order valence-corrected chi connectivity index (χ4v) is 1.79. The fourth-order valence-electron chi connectivity index (χ4n) is 1.24. The van der Waals surface area contributed by atoms with Crippen molar-refractivity contribution in [2.75, 3.05) is 30.4 Å². The first kappa shape index (κ1) is 14.1. The van der Waals surface area contributed by atoms with Crippen molar-refractivity contribution in [1.29, 1.82) is 0 Å². The molecule has 1 atom stereocenters. The summed E-state index contributed by atoms with van der Waals surface area (Å²) in [7, 11) is -0.740. The minimum atomic E-state index is -0.740. The Hall–Kier alpha value is -0.950. The summed E-state index contributed by atoms with van der Waals surface area (Å²) in [4.78, 5) is 0. The van der Waals surface area contributed by atoms with Crippen LogP contribution in [0.4, 0.5) is 6.01 Å². The maximum Gasteiger partial charge on any atom is 0.315 e. The highest BCUT2D eigenvalue weighted by atomic mass is 32.2. The first-order valence-corrected chi connectivity index (χ1v) is 7.52. The van der Waals surface area contributed by atoms with Crippen molar-refractivity contribution >= 4 is 16.8 Å². The Bertz CT molecular complexity index is 343. The highest BCUT2D eigenvalue weighted by Gasteiger charge is 2.04. The first-order chi connectivity index (χ1) is 8.22. The van der Waals surface area contributed by atoms with Gasteiger partial charge in [0.15, 0.2) is 0 Å². The van der Waals surface area contributed by atoms with Crippen LogP contribution in [0, 0.1) is 0 Å².